The van der Waals surface area contributed by atoms with E-state index in [2.05, 4.69) is 0 Å². The highest BCUT2D eigenvalue weighted by molar-refractivity contribution is 6.24. The molecule has 2 nitrogen and oxygen atoms in total. The van der Waals surface area contributed by atoms with Crippen LogP contribution in [0.15, 0.2) is 29.8 Å². The number of Topliss-reactive ketones (excluding diaryl/α,β-unsaturated/α-hetero) is 1. The summed E-state index contributed by atoms with van der Waals surface area (Å²) in [7, 11) is 0. The number of ketones is 2. The fourth-order valence-corrected chi connectivity index (χ4v) is 1.92. The SMILES string of the molecule is CCC1=CC(=O)c2c(C)cccc2C1=O. The number of rotatable bonds is 1. The van der Waals surface area contributed by atoms with Gasteiger partial charge >= 0.3 is 0 Å². The van der Waals surface area contributed by atoms with Crippen molar-refractivity contribution in [2.45, 2.75) is 20.3 Å². The molecule has 0 heterocycles. The summed E-state index contributed by atoms with van der Waals surface area (Å²) in [5, 5.41) is 0. The maximum absolute atomic E-state index is 11.9. The minimum atomic E-state index is -0.0421. The highest BCUT2D eigenvalue weighted by Gasteiger charge is 2.25. The molecule has 2 heteroatoms. The summed E-state index contributed by atoms with van der Waals surface area (Å²) in [6.07, 6.45) is 2.08. The van der Waals surface area contributed by atoms with E-state index in [4.69, 9.17) is 0 Å². The fraction of sp³-hybridized carbons (Fsp3) is 0.231. The van der Waals surface area contributed by atoms with Gasteiger partial charge in [0, 0.05) is 16.7 Å². The first-order chi connectivity index (χ1) is 7.15. The third-order valence-corrected chi connectivity index (χ3v) is 2.74. The predicted octanol–water partition coefficient (Wildman–Crippen LogP) is 2.71. The van der Waals surface area contributed by atoms with Crippen LogP contribution in [0.2, 0.25) is 0 Å². The number of hydrogen-bond acceptors (Lipinski definition) is 2. The zero-order chi connectivity index (χ0) is 11.0. The summed E-state index contributed by atoms with van der Waals surface area (Å²) in [6.45, 7) is 3.74. The topological polar surface area (TPSA) is 34.1 Å². The van der Waals surface area contributed by atoms with Gasteiger partial charge in [-0.25, -0.2) is 0 Å². The monoisotopic (exact) mass is 200 g/mol. The van der Waals surface area contributed by atoms with E-state index in [-0.39, 0.29) is 11.6 Å². The molecule has 0 radical (unpaired) electrons. The van der Waals surface area contributed by atoms with Gasteiger partial charge in [0.25, 0.3) is 0 Å². The number of aryl methyl sites for hydroxylation is 1. The molecule has 1 aromatic carbocycles. The Morgan fingerprint density at radius 2 is 1.93 bits per heavy atom. The quantitative estimate of drug-likeness (QED) is 0.698. The van der Waals surface area contributed by atoms with Gasteiger partial charge in [-0.2, -0.15) is 0 Å². The van der Waals surface area contributed by atoms with Gasteiger partial charge in [0.05, 0.1) is 0 Å². The minimum absolute atomic E-state index is 0.00389. The third-order valence-electron chi connectivity index (χ3n) is 2.74. The number of fused-ring (bicyclic) bond motifs is 1. The van der Waals surface area contributed by atoms with E-state index >= 15 is 0 Å². The summed E-state index contributed by atoms with van der Waals surface area (Å²) >= 11 is 0. The van der Waals surface area contributed by atoms with Gasteiger partial charge in [-0.3, -0.25) is 9.59 Å². The first-order valence-electron chi connectivity index (χ1n) is 5.04. The summed E-state index contributed by atoms with van der Waals surface area (Å²) in [5.74, 6) is -0.0460. The third kappa shape index (κ3) is 1.42. The Balaban J connectivity index is 2.67. The standard InChI is InChI=1S/C13H12O2/c1-3-9-7-11(14)12-8(2)5-4-6-10(12)13(9)15/h4-7H,3H2,1-2H3. The largest absolute Gasteiger partial charge is 0.289 e. The lowest BCUT2D eigenvalue weighted by atomic mass is 9.86. The fourth-order valence-electron chi connectivity index (χ4n) is 1.92. The van der Waals surface area contributed by atoms with E-state index in [0.717, 1.165) is 5.56 Å². The number of carbonyl (C=O) groups excluding carboxylic acids is 2. The maximum Gasteiger partial charge on any atom is 0.189 e. The highest BCUT2D eigenvalue weighted by Crippen LogP contribution is 2.25. The lowest BCUT2D eigenvalue weighted by molar-refractivity contribution is 0.0981. The second-order valence-corrected chi connectivity index (χ2v) is 3.71. The Bertz CT molecular complexity index is 481. The van der Waals surface area contributed by atoms with Crippen LogP contribution in [0.3, 0.4) is 0 Å². The average Bonchev–Trinajstić information content (AvgIpc) is 2.23. The first kappa shape index (κ1) is 9.84. The molecular formula is C13H12O2. The molecule has 0 spiro atoms. The lowest BCUT2D eigenvalue weighted by Gasteiger charge is -2.15. The van der Waals surface area contributed by atoms with Gasteiger partial charge in [-0.15, -0.1) is 0 Å². The van der Waals surface area contributed by atoms with Crippen LogP contribution in [0.4, 0.5) is 0 Å². The van der Waals surface area contributed by atoms with Crippen molar-refractivity contribution >= 4 is 11.6 Å². The molecule has 2 rings (SSSR count). The molecular weight excluding hydrogens is 188 g/mol. The zero-order valence-corrected chi connectivity index (χ0v) is 8.83. The molecule has 76 valence electrons. The van der Waals surface area contributed by atoms with Gasteiger partial charge in [0.15, 0.2) is 11.6 Å². The summed E-state index contributed by atoms with van der Waals surface area (Å²) in [6, 6.07) is 5.40. The predicted molar refractivity (Wildman–Crippen MR) is 58.2 cm³/mol. The number of hydrogen-bond donors (Lipinski definition) is 0. The van der Waals surface area contributed by atoms with Crippen LogP contribution < -0.4 is 0 Å². The molecule has 0 atom stereocenters. The second-order valence-electron chi connectivity index (χ2n) is 3.71. The van der Waals surface area contributed by atoms with Crippen molar-refractivity contribution in [2.24, 2.45) is 0 Å². The van der Waals surface area contributed by atoms with Crippen molar-refractivity contribution in [1.29, 1.82) is 0 Å². The zero-order valence-electron chi connectivity index (χ0n) is 8.83. The van der Waals surface area contributed by atoms with Gasteiger partial charge in [-0.1, -0.05) is 25.1 Å². The van der Waals surface area contributed by atoms with Crippen molar-refractivity contribution in [2.75, 3.05) is 0 Å². The van der Waals surface area contributed by atoms with Crippen LogP contribution in [0.5, 0.6) is 0 Å². The summed E-state index contributed by atoms with van der Waals surface area (Å²) < 4.78 is 0. The molecule has 0 amide bonds. The lowest BCUT2D eigenvalue weighted by Crippen LogP contribution is -2.17. The van der Waals surface area contributed by atoms with Crippen LogP contribution >= 0.6 is 0 Å². The Hall–Kier alpha value is -1.70. The molecule has 0 saturated heterocycles. The van der Waals surface area contributed by atoms with E-state index in [1.807, 2.05) is 26.0 Å². The van der Waals surface area contributed by atoms with Gasteiger partial charge in [-0.05, 0) is 25.0 Å². The molecule has 0 N–H and O–H groups in total. The van der Waals surface area contributed by atoms with E-state index in [1.165, 1.54) is 6.08 Å². The van der Waals surface area contributed by atoms with E-state index in [9.17, 15) is 9.59 Å². The molecule has 1 aliphatic rings. The summed E-state index contributed by atoms with van der Waals surface area (Å²) in [5.41, 5.74) is 2.61. The van der Waals surface area contributed by atoms with Crippen molar-refractivity contribution in [3.05, 3.63) is 46.5 Å². The van der Waals surface area contributed by atoms with Gasteiger partial charge < -0.3 is 0 Å². The minimum Gasteiger partial charge on any atom is -0.289 e. The normalized spacial score (nSPS) is 14.9. The molecule has 0 unspecified atom stereocenters. The van der Waals surface area contributed by atoms with E-state index in [1.54, 1.807) is 6.07 Å². The number of benzene rings is 1. The van der Waals surface area contributed by atoms with Crippen molar-refractivity contribution < 1.29 is 9.59 Å². The molecule has 0 fully saturated rings. The second kappa shape index (κ2) is 3.46. The Kier molecular flexibility index (Phi) is 2.27. The molecule has 0 aromatic heterocycles. The van der Waals surface area contributed by atoms with Crippen LogP contribution in [0.25, 0.3) is 0 Å². The molecule has 1 aromatic rings. The molecule has 0 bridgehead atoms. The highest BCUT2D eigenvalue weighted by atomic mass is 16.1. The Morgan fingerprint density at radius 3 is 2.60 bits per heavy atom. The van der Waals surface area contributed by atoms with E-state index < -0.39 is 0 Å². The molecule has 1 aliphatic carbocycles. The summed E-state index contributed by atoms with van der Waals surface area (Å²) in [4.78, 5) is 23.7. The molecule has 0 aliphatic heterocycles. The van der Waals surface area contributed by atoms with Crippen molar-refractivity contribution in [3.8, 4) is 0 Å². The smallest absolute Gasteiger partial charge is 0.189 e. The Labute approximate surface area is 88.6 Å². The Morgan fingerprint density at radius 1 is 1.20 bits per heavy atom. The van der Waals surface area contributed by atoms with Gasteiger partial charge in [0.2, 0.25) is 0 Å². The molecule has 0 saturated carbocycles. The average molecular weight is 200 g/mol. The number of carbonyl (C=O) groups is 2. The van der Waals surface area contributed by atoms with Crippen LogP contribution in [-0.4, -0.2) is 11.6 Å². The number of allylic oxidation sites excluding steroid dienone is 2. The maximum atomic E-state index is 11.9. The van der Waals surface area contributed by atoms with E-state index in [0.29, 0.717) is 23.1 Å². The van der Waals surface area contributed by atoms with Crippen molar-refractivity contribution in [3.63, 3.8) is 0 Å². The van der Waals surface area contributed by atoms with Crippen LogP contribution in [0, 0.1) is 6.92 Å². The van der Waals surface area contributed by atoms with Crippen LogP contribution in [0.1, 0.15) is 39.6 Å². The van der Waals surface area contributed by atoms with Crippen LogP contribution in [-0.2, 0) is 0 Å². The van der Waals surface area contributed by atoms with Gasteiger partial charge in [0.1, 0.15) is 0 Å². The van der Waals surface area contributed by atoms with Crippen molar-refractivity contribution in [1.82, 2.24) is 0 Å². The molecule has 15 heavy (non-hydrogen) atoms. The first-order valence-corrected chi connectivity index (χ1v) is 5.04.